The Morgan fingerprint density at radius 3 is 2.31 bits per heavy atom. The molecule has 1 rings (SSSR count). The first-order valence-electron chi connectivity index (χ1n) is 5.91. The predicted octanol–water partition coefficient (Wildman–Crippen LogP) is 3.97. The van der Waals surface area contributed by atoms with Gasteiger partial charge in [-0.1, -0.05) is 38.5 Å². The van der Waals surface area contributed by atoms with Gasteiger partial charge in [-0.3, -0.25) is 4.99 Å². The summed E-state index contributed by atoms with van der Waals surface area (Å²) in [6.45, 7) is 2.24. The van der Waals surface area contributed by atoms with E-state index in [-0.39, 0.29) is 0 Å². The highest BCUT2D eigenvalue weighted by Crippen LogP contribution is 2.12. The van der Waals surface area contributed by atoms with Crippen molar-refractivity contribution in [2.45, 2.75) is 70.8 Å². The topological polar surface area (TPSA) is 12.4 Å². The van der Waals surface area contributed by atoms with Gasteiger partial charge in [0.05, 0.1) is 0 Å². The molecule has 1 aliphatic rings. The molecule has 0 saturated carbocycles. The Labute approximate surface area is 82.6 Å². The Morgan fingerprint density at radius 1 is 0.923 bits per heavy atom. The Kier molecular flexibility index (Phi) is 5.88. The highest BCUT2D eigenvalue weighted by molar-refractivity contribution is 5.57. The zero-order valence-electron chi connectivity index (χ0n) is 8.97. The molecule has 1 heterocycles. The molecule has 1 aliphatic heterocycles. The van der Waals surface area contributed by atoms with Crippen LogP contribution in [0.1, 0.15) is 64.7 Å². The predicted molar refractivity (Wildman–Crippen MR) is 59.5 cm³/mol. The van der Waals surface area contributed by atoms with Gasteiger partial charge in [0.25, 0.3) is 0 Å². The minimum absolute atomic E-state index is 0.569. The summed E-state index contributed by atoms with van der Waals surface area (Å²) in [7, 11) is 0. The van der Waals surface area contributed by atoms with Gasteiger partial charge >= 0.3 is 0 Å². The second kappa shape index (κ2) is 7.11. The maximum Gasteiger partial charge on any atom is 0.0467 e. The molecule has 1 atom stereocenters. The van der Waals surface area contributed by atoms with Gasteiger partial charge in [0.2, 0.25) is 0 Å². The summed E-state index contributed by atoms with van der Waals surface area (Å²) in [5.74, 6) is 0. The number of rotatable bonds is 0. The lowest BCUT2D eigenvalue weighted by molar-refractivity contribution is 0.540. The van der Waals surface area contributed by atoms with E-state index < -0.39 is 0 Å². The zero-order valence-corrected chi connectivity index (χ0v) is 8.97. The van der Waals surface area contributed by atoms with E-state index >= 15 is 0 Å². The molecule has 0 amide bonds. The lowest BCUT2D eigenvalue weighted by Gasteiger charge is -2.07. The minimum Gasteiger partial charge on any atom is -0.295 e. The number of nitrogens with zero attached hydrogens (tertiary/aromatic N) is 1. The van der Waals surface area contributed by atoms with Gasteiger partial charge < -0.3 is 0 Å². The minimum atomic E-state index is 0.569. The molecule has 0 radical (unpaired) electrons. The molecule has 0 bridgehead atoms. The van der Waals surface area contributed by atoms with Crippen molar-refractivity contribution >= 4 is 6.21 Å². The molecule has 0 aromatic rings. The molecule has 76 valence electrons. The molecular weight excluding hydrogens is 158 g/mol. The maximum atomic E-state index is 4.53. The van der Waals surface area contributed by atoms with Gasteiger partial charge in [0, 0.05) is 6.04 Å². The monoisotopic (exact) mass is 181 g/mol. The highest BCUT2D eigenvalue weighted by Gasteiger charge is 1.99. The van der Waals surface area contributed by atoms with Crippen LogP contribution in [0.25, 0.3) is 0 Å². The van der Waals surface area contributed by atoms with Crippen molar-refractivity contribution in [2.75, 3.05) is 0 Å². The first-order chi connectivity index (χ1) is 6.39. The Bertz CT molecular complexity index is 140. The van der Waals surface area contributed by atoms with Crippen molar-refractivity contribution in [3.8, 4) is 0 Å². The Hall–Kier alpha value is -0.330. The van der Waals surface area contributed by atoms with Crippen LogP contribution in [0.2, 0.25) is 0 Å². The summed E-state index contributed by atoms with van der Waals surface area (Å²) in [5.41, 5.74) is 0. The summed E-state index contributed by atoms with van der Waals surface area (Å²) in [4.78, 5) is 4.53. The normalized spacial score (nSPS) is 30.1. The van der Waals surface area contributed by atoms with E-state index in [9.17, 15) is 0 Å². The van der Waals surface area contributed by atoms with Crippen LogP contribution >= 0.6 is 0 Å². The van der Waals surface area contributed by atoms with Crippen molar-refractivity contribution in [1.82, 2.24) is 0 Å². The summed E-state index contributed by atoms with van der Waals surface area (Å²) >= 11 is 0. The van der Waals surface area contributed by atoms with Gasteiger partial charge in [-0.2, -0.15) is 0 Å². The fourth-order valence-electron chi connectivity index (χ4n) is 1.89. The molecule has 0 aliphatic carbocycles. The third-order valence-electron chi connectivity index (χ3n) is 2.82. The Balaban J connectivity index is 2.22. The molecule has 1 nitrogen and oxygen atoms in total. The largest absolute Gasteiger partial charge is 0.295 e. The third kappa shape index (κ3) is 5.84. The van der Waals surface area contributed by atoms with Gasteiger partial charge in [0.15, 0.2) is 0 Å². The lowest BCUT2D eigenvalue weighted by atomic mass is 10.0. The van der Waals surface area contributed by atoms with Gasteiger partial charge in [-0.25, -0.2) is 0 Å². The molecule has 0 spiro atoms. The average Bonchev–Trinajstić information content (AvgIpc) is 2.11. The fourth-order valence-corrected chi connectivity index (χ4v) is 1.89. The van der Waals surface area contributed by atoms with Crippen molar-refractivity contribution in [1.29, 1.82) is 0 Å². The van der Waals surface area contributed by atoms with Crippen LogP contribution in [0.3, 0.4) is 0 Å². The number of hydrogen-bond donors (Lipinski definition) is 0. The molecule has 13 heavy (non-hydrogen) atoms. The summed E-state index contributed by atoms with van der Waals surface area (Å²) < 4.78 is 0. The van der Waals surface area contributed by atoms with Gasteiger partial charge in [-0.15, -0.1) is 0 Å². The van der Waals surface area contributed by atoms with Crippen molar-refractivity contribution < 1.29 is 0 Å². The van der Waals surface area contributed by atoms with E-state index in [0.29, 0.717) is 6.04 Å². The van der Waals surface area contributed by atoms with Crippen LogP contribution in [-0.4, -0.2) is 12.3 Å². The smallest absolute Gasteiger partial charge is 0.0467 e. The van der Waals surface area contributed by atoms with E-state index in [2.05, 4.69) is 18.1 Å². The van der Waals surface area contributed by atoms with E-state index in [1.54, 1.807) is 0 Å². The van der Waals surface area contributed by atoms with Gasteiger partial charge in [0.1, 0.15) is 0 Å². The molecule has 0 saturated heterocycles. The van der Waals surface area contributed by atoms with Crippen LogP contribution < -0.4 is 0 Å². The molecule has 0 aromatic heterocycles. The lowest BCUT2D eigenvalue weighted by Crippen LogP contribution is -1.99. The molecule has 0 N–H and O–H groups in total. The van der Waals surface area contributed by atoms with Crippen LogP contribution in [0.5, 0.6) is 0 Å². The first-order valence-corrected chi connectivity index (χ1v) is 5.91. The SMILES string of the molecule is CC1CCCCCCCCC/C=N\1. The maximum absolute atomic E-state index is 4.53. The number of hydrogen-bond acceptors (Lipinski definition) is 1. The standard InChI is InChI=1S/C12H23N/c1-12-10-8-6-4-2-3-5-7-9-11-13-12/h11-12H,2-10H2,1H3/b13-11-. The summed E-state index contributed by atoms with van der Waals surface area (Å²) in [5, 5.41) is 0. The number of aliphatic imine (C=N–C) groups is 1. The Morgan fingerprint density at radius 2 is 1.54 bits per heavy atom. The molecule has 1 unspecified atom stereocenters. The highest BCUT2D eigenvalue weighted by atomic mass is 14.7. The molecule has 0 aromatic carbocycles. The second-order valence-electron chi connectivity index (χ2n) is 4.23. The van der Waals surface area contributed by atoms with Crippen LogP contribution in [-0.2, 0) is 0 Å². The van der Waals surface area contributed by atoms with Crippen LogP contribution in [0, 0.1) is 0 Å². The summed E-state index contributed by atoms with van der Waals surface area (Å²) in [6.07, 6.45) is 14.5. The fraction of sp³-hybridized carbons (Fsp3) is 0.917. The van der Waals surface area contributed by atoms with Crippen LogP contribution in [0.15, 0.2) is 4.99 Å². The first kappa shape index (κ1) is 10.7. The van der Waals surface area contributed by atoms with E-state index in [0.717, 1.165) is 0 Å². The van der Waals surface area contributed by atoms with Crippen molar-refractivity contribution in [3.63, 3.8) is 0 Å². The summed E-state index contributed by atoms with van der Waals surface area (Å²) in [6, 6.07) is 0.569. The van der Waals surface area contributed by atoms with Crippen molar-refractivity contribution in [3.05, 3.63) is 0 Å². The van der Waals surface area contributed by atoms with E-state index in [4.69, 9.17) is 0 Å². The van der Waals surface area contributed by atoms with Crippen molar-refractivity contribution in [2.24, 2.45) is 4.99 Å². The second-order valence-corrected chi connectivity index (χ2v) is 4.23. The zero-order chi connectivity index (χ0) is 9.36. The molecular formula is C12H23N. The average molecular weight is 181 g/mol. The quantitative estimate of drug-likeness (QED) is 0.536. The van der Waals surface area contributed by atoms with Crippen LogP contribution in [0.4, 0.5) is 0 Å². The molecule has 1 heteroatoms. The third-order valence-corrected chi connectivity index (χ3v) is 2.82. The molecule has 0 fully saturated rings. The van der Waals surface area contributed by atoms with E-state index in [1.807, 2.05) is 0 Å². The van der Waals surface area contributed by atoms with Gasteiger partial charge in [-0.05, 0) is 32.4 Å². The van der Waals surface area contributed by atoms with E-state index in [1.165, 1.54) is 57.8 Å².